The van der Waals surface area contributed by atoms with Crippen molar-refractivity contribution in [2.24, 2.45) is 0 Å². The van der Waals surface area contributed by atoms with E-state index in [4.69, 9.17) is 11.6 Å². The van der Waals surface area contributed by atoms with Crippen molar-refractivity contribution in [3.63, 3.8) is 0 Å². The first-order valence-electron chi connectivity index (χ1n) is 6.37. The molecule has 1 aromatic heterocycles. The second-order valence-corrected chi connectivity index (χ2v) is 4.89. The lowest BCUT2D eigenvalue weighted by molar-refractivity contribution is 0.548. The van der Waals surface area contributed by atoms with Crippen LogP contribution in [0.1, 0.15) is 36.4 Å². The highest BCUT2D eigenvalue weighted by atomic mass is 35.5. The van der Waals surface area contributed by atoms with Crippen molar-refractivity contribution in [1.82, 2.24) is 15.0 Å². The van der Waals surface area contributed by atoms with Crippen LogP contribution in [-0.4, -0.2) is 15.0 Å². The molecule has 0 radical (unpaired) electrons. The lowest BCUT2D eigenvalue weighted by Gasteiger charge is -2.10. The van der Waals surface area contributed by atoms with Gasteiger partial charge < -0.3 is 0 Å². The van der Waals surface area contributed by atoms with Crippen LogP contribution in [-0.2, 0) is 13.0 Å². The van der Waals surface area contributed by atoms with E-state index in [1.54, 1.807) is 0 Å². The molecule has 0 aliphatic carbocycles. The predicted molar refractivity (Wildman–Crippen MR) is 73.7 cm³/mol. The Hall–Kier alpha value is -1.35. The quantitative estimate of drug-likeness (QED) is 0.746. The molecule has 0 fully saturated rings. The van der Waals surface area contributed by atoms with Crippen LogP contribution in [0.4, 0.5) is 0 Å². The predicted octanol–water partition coefficient (Wildman–Crippen LogP) is 3.60. The molecule has 1 aromatic carbocycles. The number of rotatable bonds is 6. The van der Waals surface area contributed by atoms with Gasteiger partial charge in [0.25, 0.3) is 0 Å². The number of halogens is 1. The highest BCUT2D eigenvalue weighted by molar-refractivity contribution is 6.20. The molecule has 2 rings (SSSR count). The molecule has 0 aliphatic rings. The van der Waals surface area contributed by atoms with Gasteiger partial charge in [0.15, 0.2) is 0 Å². The molecule has 0 N–H and O–H groups in total. The van der Waals surface area contributed by atoms with Gasteiger partial charge in [0.2, 0.25) is 0 Å². The Morgan fingerprint density at radius 2 is 2.06 bits per heavy atom. The summed E-state index contributed by atoms with van der Waals surface area (Å²) in [5.41, 5.74) is 2.34. The molecular weight excluding hydrogens is 246 g/mol. The average molecular weight is 264 g/mol. The fourth-order valence-corrected chi connectivity index (χ4v) is 2.23. The van der Waals surface area contributed by atoms with Crippen LogP contribution < -0.4 is 0 Å². The highest BCUT2D eigenvalue weighted by Crippen LogP contribution is 2.25. The van der Waals surface area contributed by atoms with E-state index in [0.29, 0.717) is 0 Å². The number of benzene rings is 1. The van der Waals surface area contributed by atoms with Crippen LogP contribution in [0, 0.1) is 0 Å². The third-order valence-electron chi connectivity index (χ3n) is 2.95. The monoisotopic (exact) mass is 263 g/mol. The standard InChI is InChI=1S/C14H18ClN3/c1-2-10-18-13(11-16-17-18)8-9-14(15)12-6-4-3-5-7-12/h3-7,11,14H,2,8-10H2,1H3. The van der Waals surface area contributed by atoms with Crippen molar-refractivity contribution in [2.75, 3.05) is 0 Å². The Kier molecular flexibility index (Phi) is 4.76. The smallest absolute Gasteiger partial charge is 0.0725 e. The van der Waals surface area contributed by atoms with Gasteiger partial charge in [-0.05, 0) is 24.8 Å². The van der Waals surface area contributed by atoms with Crippen molar-refractivity contribution in [2.45, 2.75) is 38.1 Å². The van der Waals surface area contributed by atoms with Gasteiger partial charge in [0.1, 0.15) is 0 Å². The summed E-state index contributed by atoms with van der Waals surface area (Å²) in [5.74, 6) is 0. The van der Waals surface area contributed by atoms with Crippen LogP contribution in [0.15, 0.2) is 36.5 Å². The molecular formula is C14H18ClN3. The van der Waals surface area contributed by atoms with Gasteiger partial charge in [-0.3, -0.25) is 0 Å². The minimum absolute atomic E-state index is 0.0520. The number of alkyl halides is 1. The summed E-state index contributed by atoms with van der Waals surface area (Å²) in [5, 5.41) is 8.09. The van der Waals surface area contributed by atoms with Gasteiger partial charge in [0.05, 0.1) is 17.3 Å². The molecule has 3 nitrogen and oxygen atoms in total. The number of aromatic nitrogens is 3. The summed E-state index contributed by atoms with van der Waals surface area (Å²) in [6.45, 7) is 3.06. The molecule has 4 heteroatoms. The molecule has 1 unspecified atom stereocenters. The normalized spacial score (nSPS) is 12.6. The zero-order chi connectivity index (χ0) is 12.8. The topological polar surface area (TPSA) is 30.7 Å². The Morgan fingerprint density at radius 3 is 2.78 bits per heavy atom. The van der Waals surface area contributed by atoms with Gasteiger partial charge in [-0.2, -0.15) is 0 Å². The van der Waals surface area contributed by atoms with Gasteiger partial charge in [-0.15, -0.1) is 16.7 Å². The number of nitrogens with zero attached hydrogens (tertiary/aromatic N) is 3. The summed E-state index contributed by atoms with van der Waals surface area (Å²) in [6, 6.07) is 10.2. The molecule has 1 atom stereocenters. The van der Waals surface area contributed by atoms with Crippen LogP contribution in [0.5, 0.6) is 0 Å². The molecule has 0 spiro atoms. The van der Waals surface area contributed by atoms with Gasteiger partial charge in [0, 0.05) is 6.54 Å². The summed E-state index contributed by atoms with van der Waals surface area (Å²) >= 11 is 6.40. The zero-order valence-corrected chi connectivity index (χ0v) is 11.3. The van der Waals surface area contributed by atoms with Gasteiger partial charge in [-0.1, -0.05) is 42.5 Å². The van der Waals surface area contributed by atoms with Crippen LogP contribution in [0.3, 0.4) is 0 Å². The molecule has 0 saturated carbocycles. The lowest BCUT2D eigenvalue weighted by atomic mass is 10.1. The Bertz CT molecular complexity index is 467. The van der Waals surface area contributed by atoms with E-state index < -0.39 is 0 Å². The SMILES string of the molecule is CCCn1nncc1CCC(Cl)c1ccccc1. The lowest BCUT2D eigenvalue weighted by Crippen LogP contribution is -2.05. The molecule has 0 bridgehead atoms. The van der Waals surface area contributed by atoms with Gasteiger partial charge >= 0.3 is 0 Å². The minimum Gasteiger partial charge on any atom is -0.249 e. The first-order valence-corrected chi connectivity index (χ1v) is 6.81. The Labute approximate surface area is 113 Å². The summed E-state index contributed by atoms with van der Waals surface area (Å²) < 4.78 is 1.97. The Morgan fingerprint density at radius 1 is 1.28 bits per heavy atom. The van der Waals surface area contributed by atoms with Gasteiger partial charge in [-0.25, -0.2) is 4.68 Å². The number of hydrogen-bond acceptors (Lipinski definition) is 2. The molecule has 0 saturated heterocycles. The third kappa shape index (κ3) is 3.33. The van der Waals surface area contributed by atoms with Crippen molar-refractivity contribution in [1.29, 1.82) is 0 Å². The second-order valence-electron chi connectivity index (χ2n) is 4.37. The maximum absolute atomic E-state index is 6.40. The molecule has 0 amide bonds. The first kappa shape index (κ1) is 13.1. The van der Waals surface area contributed by atoms with E-state index in [-0.39, 0.29) is 5.38 Å². The average Bonchev–Trinajstić information content (AvgIpc) is 2.85. The fourth-order valence-electron chi connectivity index (χ4n) is 1.98. The number of aryl methyl sites for hydroxylation is 2. The van der Waals surface area contributed by atoms with Crippen molar-refractivity contribution in [3.8, 4) is 0 Å². The maximum atomic E-state index is 6.40. The van der Waals surface area contributed by atoms with E-state index in [0.717, 1.165) is 25.8 Å². The third-order valence-corrected chi connectivity index (χ3v) is 3.42. The molecule has 96 valence electrons. The maximum Gasteiger partial charge on any atom is 0.0725 e. The van der Waals surface area contributed by atoms with E-state index in [1.165, 1.54) is 11.3 Å². The highest BCUT2D eigenvalue weighted by Gasteiger charge is 2.10. The van der Waals surface area contributed by atoms with Crippen molar-refractivity contribution < 1.29 is 0 Å². The minimum atomic E-state index is 0.0520. The fraction of sp³-hybridized carbons (Fsp3) is 0.429. The molecule has 2 aromatic rings. The molecule has 1 heterocycles. The van der Waals surface area contributed by atoms with Crippen molar-refractivity contribution in [3.05, 3.63) is 47.8 Å². The van der Waals surface area contributed by atoms with Crippen LogP contribution in [0.2, 0.25) is 0 Å². The van der Waals surface area contributed by atoms with E-state index in [1.807, 2.05) is 29.1 Å². The summed E-state index contributed by atoms with van der Waals surface area (Å²) in [4.78, 5) is 0. The van der Waals surface area contributed by atoms with Crippen molar-refractivity contribution >= 4 is 11.6 Å². The van der Waals surface area contributed by atoms with Crippen LogP contribution in [0.25, 0.3) is 0 Å². The number of hydrogen-bond donors (Lipinski definition) is 0. The summed E-state index contributed by atoms with van der Waals surface area (Å²) in [7, 11) is 0. The summed E-state index contributed by atoms with van der Waals surface area (Å²) in [6.07, 6.45) is 4.72. The first-order chi connectivity index (χ1) is 8.81. The molecule has 0 aliphatic heterocycles. The Balaban J connectivity index is 1.93. The van der Waals surface area contributed by atoms with E-state index in [9.17, 15) is 0 Å². The largest absolute Gasteiger partial charge is 0.249 e. The zero-order valence-electron chi connectivity index (χ0n) is 10.6. The van der Waals surface area contributed by atoms with Crippen LogP contribution >= 0.6 is 11.6 Å². The second kappa shape index (κ2) is 6.55. The van der Waals surface area contributed by atoms with E-state index >= 15 is 0 Å². The van der Waals surface area contributed by atoms with E-state index in [2.05, 4.69) is 29.4 Å². The molecule has 18 heavy (non-hydrogen) atoms.